The Kier molecular flexibility index (Phi) is 11.1. The summed E-state index contributed by atoms with van der Waals surface area (Å²) in [6, 6.07) is 0. The van der Waals surface area contributed by atoms with Crippen LogP contribution in [0.25, 0.3) is 0 Å². The first-order valence-corrected chi connectivity index (χ1v) is 10.2. The molecule has 0 aromatic heterocycles. The maximum atomic E-state index is 13.5. The van der Waals surface area contributed by atoms with E-state index in [0.717, 1.165) is 4.74 Å². The van der Waals surface area contributed by atoms with Gasteiger partial charge in [-0.15, -0.1) is 0 Å². The zero-order valence-corrected chi connectivity index (χ0v) is 20.7. The highest BCUT2D eigenvalue weighted by Gasteiger charge is 2.94. The van der Waals surface area contributed by atoms with Gasteiger partial charge >= 0.3 is 83.8 Å². The molecule has 0 aromatic carbocycles. The topological polar surface area (TPSA) is 9.23 Å². The molecule has 0 spiro atoms. The fraction of sp³-hybridized carbons (Fsp3) is 1.00. The summed E-state index contributed by atoms with van der Waals surface area (Å²) in [6.45, 7) is 0. The van der Waals surface area contributed by atoms with Crippen molar-refractivity contribution in [1.82, 2.24) is 0 Å². The van der Waals surface area contributed by atoms with E-state index in [1.165, 1.54) is 0 Å². The predicted molar refractivity (Wildman–Crippen MR) is 82.4 cm³/mol. The SMILES string of the molecule is FC(C(F)(F)OC(F)(F)C(F)C(F)(F)C(F)(F)C(F)(F)C(F)(F)C(F)(F)C(F)(F)F)C(F)(F)C(F)(F)C(F)(F)C(F)(F)C(F)(F)C(F)(F)F. The molecule has 0 radical (unpaired) electrons. The Balaban J connectivity index is 6.96. The lowest BCUT2D eigenvalue weighted by Crippen LogP contribution is -2.73. The Morgan fingerprint density at radius 1 is 0.245 bits per heavy atom. The fourth-order valence-corrected chi connectivity index (χ4v) is 2.59. The van der Waals surface area contributed by atoms with Crippen molar-refractivity contribution in [3.63, 3.8) is 0 Å². The van der Waals surface area contributed by atoms with Gasteiger partial charge in [0.25, 0.3) is 12.3 Å². The van der Waals surface area contributed by atoms with E-state index in [1.54, 1.807) is 0 Å². The van der Waals surface area contributed by atoms with Gasteiger partial charge in [0, 0.05) is 0 Å². The van der Waals surface area contributed by atoms with E-state index in [2.05, 4.69) is 0 Å². The lowest BCUT2D eigenvalue weighted by Gasteiger charge is -2.42. The molecule has 0 amide bonds. The third kappa shape index (κ3) is 6.31. The molecule has 49 heavy (non-hydrogen) atoms. The van der Waals surface area contributed by atoms with Gasteiger partial charge in [-0.1, -0.05) is 0 Å². The Hall–Kier alpha value is -2.28. The first kappa shape index (κ1) is 46.7. The van der Waals surface area contributed by atoms with Gasteiger partial charge in [-0.05, 0) is 0 Å². The summed E-state index contributed by atoms with van der Waals surface area (Å²) in [5.74, 6) is -89.9. The van der Waals surface area contributed by atoms with Crippen molar-refractivity contribution >= 4 is 0 Å². The Bertz CT molecular complexity index is 1080. The van der Waals surface area contributed by atoms with Gasteiger partial charge in [-0.25, -0.2) is 8.78 Å². The van der Waals surface area contributed by atoms with Crippen LogP contribution in [0, 0.1) is 0 Å². The second-order valence-corrected chi connectivity index (χ2v) is 8.79. The van der Waals surface area contributed by atoms with Crippen molar-refractivity contribution in [2.45, 2.75) is 96.1 Å². The molecule has 0 N–H and O–H groups in total. The minimum Gasteiger partial charge on any atom is -0.250 e. The second kappa shape index (κ2) is 11.6. The summed E-state index contributed by atoms with van der Waals surface area (Å²) in [4.78, 5) is 0. The number of ether oxygens (including phenoxy) is 1. The normalized spacial score (nSPS) is 18.1. The standard InChI is InChI=1S/C16H2F32O/c17-1(3(19,20)7(27,28)9(31,32)11(35,36)13(39,40)15(43,44)45)5(23,24)49-6(25,26)2(18)4(21,22)8(29,30)10(33,34)12(37,38)14(41,42)16(46,47)48/h1-2H. The van der Waals surface area contributed by atoms with Crippen LogP contribution in [-0.4, -0.2) is 96.1 Å². The van der Waals surface area contributed by atoms with Gasteiger partial charge in [0.1, 0.15) is 0 Å². The average molecular weight is 818 g/mol. The third-order valence-corrected chi connectivity index (χ3v) is 5.41. The second-order valence-electron chi connectivity index (χ2n) is 8.79. The number of alkyl halides is 32. The van der Waals surface area contributed by atoms with Crippen LogP contribution in [0.15, 0.2) is 0 Å². The number of rotatable bonds is 14. The Morgan fingerprint density at radius 3 is 0.571 bits per heavy atom. The largest absolute Gasteiger partial charge is 0.460 e. The lowest BCUT2D eigenvalue weighted by molar-refractivity contribution is -0.475. The molecule has 2 unspecified atom stereocenters. The molecule has 1 nitrogen and oxygen atoms in total. The summed E-state index contributed by atoms with van der Waals surface area (Å²) in [6.07, 6.45) is -48.2. The number of hydrogen-bond acceptors (Lipinski definition) is 1. The lowest BCUT2D eigenvalue weighted by atomic mass is 9.91. The van der Waals surface area contributed by atoms with Gasteiger partial charge in [0.05, 0.1) is 0 Å². The van der Waals surface area contributed by atoms with Crippen LogP contribution in [0.2, 0.25) is 0 Å². The molecule has 0 heterocycles. The highest BCUT2D eigenvalue weighted by Crippen LogP contribution is 2.64. The van der Waals surface area contributed by atoms with Gasteiger partial charge in [-0.2, -0.15) is 132 Å². The molecule has 0 saturated heterocycles. The molecule has 0 rings (SSSR count). The third-order valence-electron chi connectivity index (χ3n) is 5.41. The summed E-state index contributed by atoms with van der Waals surface area (Å²) in [7, 11) is 0. The molecule has 296 valence electrons. The van der Waals surface area contributed by atoms with Crippen LogP contribution in [0.1, 0.15) is 0 Å². The van der Waals surface area contributed by atoms with Gasteiger partial charge in [0.2, 0.25) is 0 Å². The Labute approximate surface area is 243 Å². The zero-order chi connectivity index (χ0) is 40.9. The zero-order valence-electron chi connectivity index (χ0n) is 20.7. The van der Waals surface area contributed by atoms with Crippen molar-refractivity contribution in [3.8, 4) is 0 Å². The molecule has 0 saturated carbocycles. The summed E-state index contributed by atoms with van der Waals surface area (Å²) < 4.78 is 418. The quantitative estimate of drug-likeness (QED) is 0.159. The maximum Gasteiger partial charge on any atom is 0.460 e. The molecule has 2 atom stereocenters. The van der Waals surface area contributed by atoms with E-state index in [0.29, 0.717) is 0 Å². The highest BCUT2D eigenvalue weighted by atomic mass is 19.4. The van der Waals surface area contributed by atoms with Crippen molar-refractivity contribution in [3.05, 3.63) is 0 Å². The minimum atomic E-state index is -9.21. The summed E-state index contributed by atoms with van der Waals surface area (Å²) in [5.41, 5.74) is 0. The van der Waals surface area contributed by atoms with Crippen LogP contribution < -0.4 is 0 Å². The summed E-state index contributed by atoms with van der Waals surface area (Å²) >= 11 is 0. The monoisotopic (exact) mass is 818 g/mol. The average Bonchev–Trinajstić information content (AvgIpc) is 2.84. The van der Waals surface area contributed by atoms with Crippen LogP contribution >= 0.6 is 0 Å². The number of hydrogen-bond donors (Lipinski definition) is 0. The van der Waals surface area contributed by atoms with Gasteiger partial charge < -0.3 is 0 Å². The molecule has 0 aliphatic heterocycles. The molecule has 0 aliphatic carbocycles. The van der Waals surface area contributed by atoms with Crippen LogP contribution in [0.4, 0.5) is 140 Å². The predicted octanol–water partition coefficient (Wildman–Crippen LogP) is 10.3. The van der Waals surface area contributed by atoms with E-state index >= 15 is 0 Å². The molecule has 0 fully saturated rings. The maximum absolute atomic E-state index is 13.5. The molecule has 0 aromatic rings. The van der Waals surface area contributed by atoms with E-state index in [4.69, 9.17) is 0 Å². The molecule has 0 bridgehead atoms. The molecular formula is C16H2F32O. The molecular weight excluding hydrogens is 816 g/mol. The molecule has 33 heteroatoms. The molecule has 0 aliphatic rings. The summed E-state index contributed by atoms with van der Waals surface area (Å²) in [5, 5.41) is 0. The van der Waals surface area contributed by atoms with Crippen molar-refractivity contribution < 1.29 is 145 Å². The minimum absolute atomic E-state index is 0.987. The van der Waals surface area contributed by atoms with Crippen molar-refractivity contribution in [2.75, 3.05) is 0 Å². The van der Waals surface area contributed by atoms with E-state index in [9.17, 15) is 140 Å². The first-order valence-electron chi connectivity index (χ1n) is 10.2. The van der Waals surface area contributed by atoms with Crippen LogP contribution in [0.3, 0.4) is 0 Å². The van der Waals surface area contributed by atoms with Crippen LogP contribution in [-0.2, 0) is 4.74 Å². The van der Waals surface area contributed by atoms with Crippen molar-refractivity contribution in [2.24, 2.45) is 0 Å². The highest BCUT2D eigenvalue weighted by molar-refractivity contribution is 5.14. The Morgan fingerprint density at radius 2 is 0.408 bits per heavy atom. The smallest absolute Gasteiger partial charge is 0.250 e. The van der Waals surface area contributed by atoms with Gasteiger partial charge in [0.15, 0.2) is 0 Å². The van der Waals surface area contributed by atoms with Crippen LogP contribution in [0.5, 0.6) is 0 Å². The van der Waals surface area contributed by atoms with Crippen molar-refractivity contribution in [1.29, 1.82) is 0 Å². The number of halogens is 32. The van der Waals surface area contributed by atoms with E-state index in [1.807, 2.05) is 0 Å². The van der Waals surface area contributed by atoms with Gasteiger partial charge in [-0.3, -0.25) is 4.74 Å². The van der Waals surface area contributed by atoms with E-state index < -0.39 is 96.1 Å². The first-order chi connectivity index (χ1) is 20.5. The van der Waals surface area contributed by atoms with E-state index in [-0.39, 0.29) is 0 Å². The fourth-order valence-electron chi connectivity index (χ4n) is 2.59.